The summed E-state index contributed by atoms with van der Waals surface area (Å²) in [4.78, 5) is 13.6. The zero-order valence-electron chi connectivity index (χ0n) is 14.0. The first-order valence-electron chi connectivity index (χ1n) is 8.07. The summed E-state index contributed by atoms with van der Waals surface area (Å²) in [6, 6.07) is 31.2. The molecule has 0 saturated heterocycles. The molecule has 0 unspecified atom stereocenters. The van der Waals surface area contributed by atoms with Gasteiger partial charge in [0.25, 0.3) is 0 Å². The number of carbonyl (C=O) groups is 1. The van der Waals surface area contributed by atoms with E-state index in [-0.39, 0.29) is 10.2 Å². The Balaban J connectivity index is 2.31. The van der Waals surface area contributed by atoms with Crippen LogP contribution in [0, 0.1) is 0 Å². The van der Waals surface area contributed by atoms with Crippen molar-refractivity contribution in [2.24, 2.45) is 0 Å². The third-order valence-corrected chi connectivity index (χ3v) is 7.29. The number of esters is 1. The van der Waals surface area contributed by atoms with Crippen LogP contribution in [0.4, 0.5) is 0 Å². The summed E-state index contributed by atoms with van der Waals surface area (Å²) in [6.45, 7) is 0. The molecule has 124 valence electrons. The molecule has 0 heterocycles. The SMILES string of the molecule is COC(=O)C=[As]C(c1ccccc1)(c1ccccc1)c1ccccc1. The average Bonchev–Trinajstić information content (AvgIpc) is 2.71. The van der Waals surface area contributed by atoms with Crippen molar-refractivity contribution in [2.75, 3.05) is 7.11 Å². The molecule has 3 aromatic carbocycles. The molecular formula is C22H19AsO2. The number of rotatable bonds is 5. The van der Waals surface area contributed by atoms with Gasteiger partial charge >= 0.3 is 155 Å². The van der Waals surface area contributed by atoms with Crippen molar-refractivity contribution in [3.8, 4) is 0 Å². The second kappa shape index (κ2) is 8.09. The van der Waals surface area contributed by atoms with Gasteiger partial charge < -0.3 is 0 Å². The number of ether oxygens (including phenoxy) is 1. The fraction of sp³-hybridized carbons (Fsp3) is 0.0909. The van der Waals surface area contributed by atoms with Gasteiger partial charge in [-0.15, -0.1) is 0 Å². The van der Waals surface area contributed by atoms with Crippen molar-refractivity contribution in [3.05, 3.63) is 108 Å². The average molecular weight is 390 g/mol. The number of carbonyl (C=O) groups excluding carboxylic acids is 1. The van der Waals surface area contributed by atoms with Gasteiger partial charge in [0.05, 0.1) is 0 Å². The Morgan fingerprint density at radius 2 is 1.12 bits per heavy atom. The van der Waals surface area contributed by atoms with E-state index in [9.17, 15) is 4.79 Å². The van der Waals surface area contributed by atoms with Crippen LogP contribution < -0.4 is 0 Å². The molecule has 0 N–H and O–H groups in total. The van der Waals surface area contributed by atoms with Gasteiger partial charge in [-0.3, -0.25) is 0 Å². The summed E-state index contributed by atoms with van der Waals surface area (Å²) in [7, 11) is 1.43. The molecule has 0 amide bonds. The van der Waals surface area contributed by atoms with Crippen LogP contribution >= 0.6 is 0 Å². The fourth-order valence-electron chi connectivity index (χ4n) is 2.96. The van der Waals surface area contributed by atoms with Crippen molar-refractivity contribution in [1.29, 1.82) is 0 Å². The fourth-order valence-corrected chi connectivity index (χ4v) is 5.69. The molecule has 0 atom stereocenters. The standard InChI is InChI=1S/C22H19AsO2/c1-25-21(24)17-23-22(18-11-5-2-6-12-18,19-13-7-3-8-14-19)20-15-9-4-10-16-20/h2-17H,1H3. The minimum atomic E-state index is -0.527. The van der Waals surface area contributed by atoms with E-state index in [0.717, 1.165) is 0 Å². The number of hydrogen-bond donors (Lipinski definition) is 0. The summed E-state index contributed by atoms with van der Waals surface area (Å²) >= 11 is -0.527. The molecule has 0 aliphatic heterocycles. The predicted molar refractivity (Wildman–Crippen MR) is 103 cm³/mol. The van der Waals surface area contributed by atoms with Crippen LogP contribution in [0.1, 0.15) is 16.7 Å². The first-order valence-corrected chi connectivity index (χ1v) is 10.1. The van der Waals surface area contributed by atoms with E-state index >= 15 is 0 Å². The summed E-state index contributed by atoms with van der Waals surface area (Å²) in [6.07, 6.45) is 0. The van der Waals surface area contributed by atoms with Crippen LogP contribution in [-0.2, 0) is 13.7 Å². The molecule has 25 heavy (non-hydrogen) atoms. The van der Waals surface area contributed by atoms with E-state index in [2.05, 4.69) is 72.8 Å². The van der Waals surface area contributed by atoms with Crippen LogP contribution in [0.5, 0.6) is 0 Å². The van der Waals surface area contributed by atoms with Crippen molar-refractivity contribution in [2.45, 2.75) is 4.20 Å². The van der Waals surface area contributed by atoms with Crippen molar-refractivity contribution >= 4 is 26.1 Å². The minimum absolute atomic E-state index is 0.271. The third-order valence-electron chi connectivity index (χ3n) is 4.14. The quantitative estimate of drug-likeness (QED) is 0.378. The topological polar surface area (TPSA) is 26.3 Å². The van der Waals surface area contributed by atoms with Crippen LogP contribution in [0.3, 0.4) is 0 Å². The molecule has 0 bridgehead atoms. The molecule has 0 spiro atoms. The molecule has 0 fully saturated rings. The normalized spacial score (nSPS) is 11.4. The monoisotopic (exact) mass is 390 g/mol. The Kier molecular flexibility index (Phi) is 5.63. The first-order chi connectivity index (χ1) is 12.3. The Hall–Kier alpha value is -2.44. The molecule has 3 heteroatoms. The van der Waals surface area contributed by atoms with Crippen LogP contribution in [0.15, 0.2) is 91.0 Å². The zero-order chi connectivity index (χ0) is 17.5. The Morgan fingerprint density at radius 3 is 1.44 bits per heavy atom. The van der Waals surface area contributed by atoms with Crippen molar-refractivity contribution in [1.82, 2.24) is 0 Å². The molecule has 3 aromatic rings. The van der Waals surface area contributed by atoms with Gasteiger partial charge in [-0.05, 0) is 0 Å². The first kappa shape index (κ1) is 17.4. The molecule has 3 rings (SSSR count). The van der Waals surface area contributed by atoms with Crippen LogP contribution in [-0.4, -0.2) is 33.2 Å². The van der Waals surface area contributed by atoms with E-state index in [1.54, 1.807) is 4.81 Å². The summed E-state index contributed by atoms with van der Waals surface area (Å²) in [5, 5.41) is 0. The molecule has 0 radical (unpaired) electrons. The van der Waals surface area contributed by atoms with E-state index in [1.807, 2.05) is 18.2 Å². The third kappa shape index (κ3) is 3.65. The van der Waals surface area contributed by atoms with E-state index in [0.29, 0.717) is 0 Å². The van der Waals surface area contributed by atoms with Gasteiger partial charge in [0.1, 0.15) is 0 Å². The second-order valence-electron chi connectivity index (χ2n) is 5.59. The molecule has 0 aliphatic rings. The second-order valence-corrected chi connectivity index (χ2v) is 8.08. The van der Waals surface area contributed by atoms with Gasteiger partial charge in [-0.25, -0.2) is 0 Å². The van der Waals surface area contributed by atoms with Crippen molar-refractivity contribution in [3.63, 3.8) is 0 Å². The predicted octanol–water partition coefficient (Wildman–Crippen LogP) is 3.66. The van der Waals surface area contributed by atoms with Crippen LogP contribution in [0.2, 0.25) is 0 Å². The maximum atomic E-state index is 11.9. The number of hydrogen-bond acceptors (Lipinski definition) is 2. The Morgan fingerprint density at radius 1 is 0.760 bits per heavy atom. The zero-order valence-corrected chi connectivity index (χ0v) is 15.9. The molecule has 0 saturated carbocycles. The van der Waals surface area contributed by atoms with Gasteiger partial charge in [-0.1, -0.05) is 0 Å². The van der Waals surface area contributed by atoms with Crippen molar-refractivity contribution < 1.29 is 9.53 Å². The van der Waals surface area contributed by atoms with E-state index < -0.39 is 15.3 Å². The summed E-state index contributed by atoms with van der Waals surface area (Å²) in [5.74, 6) is -0.271. The Bertz CT molecular complexity index is 746. The van der Waals surface area contributed by atoms with Crippen LogP contribution in [0.25, 0.3) is 0 Å². The number of methoxy groups -OCH3 is 1. The van der Waals surface area contributed by atoms with Gasteiger partial charge in [0.2, 0.25) is 0 Å². The van der Waals surface area contributed by atoms with E-state index in [1.165, 1.54) is 23.8 Å². The number of benzene rings is 3. The van der Waals surface area contributed by atoms with Gasteiger partial charge in [0.15, 0.2) is 0 Å². The van der Waals surface area contributed by atoms with Gasteiger partial charge in [-0.2, -0.15) is 0 Å². The molecule has 0 aliphatic carbocycles. The van der Waals surface area contributed by atoms with E-state index in [4.69, 9.17) is 4.74 Å². The molecule has 2 nitrogen and oxygen atoms in total. The Labute approximate surface area is 154 Å². The summed E-state index contributed by atoms with van der Waals surface area (Å²) < 4.78 is 4.53. The van der Waals surface area contributed by atoms with Gasteiger partial charge in [0, 0.05) is 0 Å². The molecule has 0 aromatic heterocycles. The molecular weight excluding hydrogens is 371 g/mol. The summed E-state index contributed by atoms with van der Waals surface area (Å²) in [5.41, 5.74) is 3.56. The maximum absolute atomic E-state index is 11.9.